The first-order valence-corrected chi connectivity index (χ1v) is 13.2. The number of rotatable bonds is 10. The molecule has 204 valence electrons. The molecule has 3 amide bonds. The highest BCUT2D eigenvalue weighted by atomic mass is 35.5. The number of ether oxygens (including phenoxy) is 1. The summed E-state index contributed by atoms with van der Waals surface area (Å²) in [5.74, 6) is -0.435. The molecule has 0 spiro atoms. The van der Waals surface area contributed by atoms with E-state index in [1.807, 2.05) is 45.9 Å². The fourth-order valence-corrected chi connectivity index (χ4v) is 4.23. The average Bonchev–Trinajstić information content (AvgIpc) is 2.85. The second kappa shape index (κ2) is 13.4. The molecule has 0 fully saturated rings. The van der Waals surface area contributed by atoms with E-state index in [2.05, 4.69) is 28.2 Å². The highest BCUT2D eigenvalue weighted by Gasteiger charge is 2.26. The van der Waals surface area contributed by atoms with Gasteiger partial charge in [0.15, 0.2) is 0 Å². The van der Waals surface area contributed by atoms with Gasteiger partial charge in [-0.05, 0) is 69.4 Å². The highest BCUT2D eigenvalue weighted by Crippen LogP contribution is 2.21. The van der Waals surface area contributed by atoms with Gasteiger partial charge in [0.1, 0.15) is 6.61 Å². The number of halogens is 1. The number of carbonyl (C=O) groups excluding carboxylic acids is 3. The third-order valence-electron chi connectivity index (χ3n) is 6.11. The van der Waals surface area contributed by atoms with E-state index >= 15 is 0 Å². The molecule has 0 aromatic heterocycles. The van der Waals surface area contributed by atoms with Crippen LogP contribution >= 0.6 is 11.6 Å². The Hall–Kier alpha value is -3.36. The van der Waals surface area contributed by atoms with Gasteiger partial charge >= 0.3 is 6.09 Å². The Bertz CT molecular complexity index is 1170. The van der Waals surface area contributed by atoms with Gasteiger partial charge < -0.3 is 15.4 Å². The molecule has 1 aliphatic rings. The van der Waals surface area contributed by atoms with Crippen LogP contribution in [-0.2, 0) is 33.9 Å². The third kappa shape index (κ3) is 9.19. The Labute approximate surface area is 229 Å². The summed E-state index contributed by atoms with van der Waals surface area (Å²) >= 11 is 6.18. The van der Waals surface area contributed by atoms with Crippen LogP contribution in [0.2, 0.25) is 5.02 Å². The topological polar surface area (TPSA) is 99.8 Å². The maximum absolute atomic E-state index is 13.1. The van der Waals surface area contributed by atoms with E-state index in [1.165, 1.54) is 5.56 Å². The molecule has 1 aliphatic heterocycles. The van der Waals surface area contributed by atoms with Crippen molar-refractivity contribution in [2.45, 2.75) is 65.6 Å². The number of hydrogen-bond acceptors (Lipinski definition) is 5. The predicted octanol–water partition coefficient (Wildman–Crippen LogP) is 4.67. The largest absolute Gasteiger partial charge is 0.445 e. The zero-order chi connectivity index (χ0) is 27.7. The molecule has 0 bridgehead atoms. The number of amides is 3. The average molecular weight is 541 g/mol. The fraction of sp³-hybridized carbons (Fsp3) is 0.414. The molecule has 0 radical (unpaired) electrons. The molecule has 0 saturated heterocycles. The van der Waals surface area contributed by atoms with Crippen molar-refractivity contribution in [1.82, 2.24) is 21.1 Å². The second-order valence-electron chi connectivity index (χ2n) is 10.4. The molecule has 3 N–H and O–H groups in total. The van der Waals surface area contributed by atoms with E-state index in [0.29, 0.717) is 30.1 Å². The molecule has 9 heteroatoms. The van der Waals surface area contributed by atoms with Crippen LogP contribution in [-0.4, -0.2) is 41.5 Å². The number of alkyl carbamates (subject to hydrolysis) is 1. The lowest BCUT2D eigenvalue weighted by Crippen LogP contribution is -2.47. The van der Waals surface area contributed by atoms with E-state index in [0.717, 1.165) is 23.1 Å². The zero-order valence-electron chi connectivity index (χ0n) is 22.5. The summed E-state index contributed by atoms with van der Waals surface area (Å²) in [6, 6.07) is 15.3. The number of hydrazine groups is 1. The van der Waals surface area contributed by atoms with Gasteiger partial charge in [-0.3, -0.25) is 14.6 Å². The normalized spacial score (nSPS) is 13.9. The molecule has 38 heavy (non-hydrogen) atoms. The quantitative estimate of drug-likeness (QED) is 0.407. The van der Waals surface area contributed by atoms with Crippen molar-refractivity contribution in [3.8, 4) is 0 Å². The standard InChI is InChI=1S/C29H37ClN4O4/c1-20-13-15-34(32-14-12-21-8-6-5-7-9-21)27(36)25(20)17-26(35)31-18-23-16-24(30)11-10-22(23)19-38-28(37)33-29(2,3)4/h5-11,16,32H,12-15,17-19H2,1-4H3,(H,31,35)(H,33,37). The van der Waals surface area contributed by atoms with Crippen LogP contribution < -0.4 is 16.1 Å². The lowest BCUT2D eigenvalue weighted by molar-refractivity contribution is -0.132. The van der Waals surface area contributed by atoms with Gasteiger partial charge in [-0.25, -0.2) is 10.2 Å². The molecule has 0 aliphatic carbocycles. The van der Waals surface area contributed by atoms with Crippen LogP contribution in [0.3, 0.4) is 0 Å². The first-order valence-electron chi connectivity index (χ1n) is 12.8. The van der Waals surface area contributed by atoms with Crippen LogP contribution in [0.25, 0.3) is 0 Å². The van der Waals surface area contributed by atoms with Gasteiger partial charge in [0.2, 0.25) is 5.91 Å². The SMILES string of the molecule is CC1=C(CC(=O)NCc2cc(Cl)ccc2COC(=O)NC(C)(C)C)C(=O)N(NCCc2ccccc2)CC1. The van der Waals surface area contributed by atoms with Crippen molar-refractivity contribution in [2.24, 2.45) is 0 Å². The van der Waals surface area contributed by atoms with Crippen LogP contribution in [0.5, 0.6) is 0 Å². The zero-order valence-corrected chi connectivity index (χ0v) is 23.3. The summed E-state index contributed by atoms with van der Waals surface area (Å²) in [4.78, 5) is 38.0. The van der Waals surface area contributed by atoms with Gasteiger partial charge in [-0.1, -0.05) is 53.6 Å². The number of nitrogens with zero attached hydrogens (tertiary/aromatic N) is 1. The van der Waals surface area contributed by atoms with Crippen molar-refractivity contribution in [3.63, 3.8) is 0 Å². The summed E-state index contributed by atoms with van der Waals surface area (Å²) in [5, 5.41) is 7.74. The molecule has 0 unspecified atom stereocenters. The smallest absolute Gasteiger partial charge is 0.407 e. The molecule has 0 saturated carbocycles. The van der Waals surface area contributed by atoms with Crippen molar-refractivity contribution >= 4 is 29.5 Å². The van der Waals surface area contributed by atoms with Gasteiger partial charge in [0.05, 0.1) is 6.42 Å². The fourth-order valence-electron chi connectivity index (χ4n) is 4.04. The van der Waals surface area contributed by atoms with Crippen molar-refractivity contribution in [3.05, 3.63) is 81.4 Å². The van der Waals surface area contributed by atoms with E-state index < -0.39 is 11.6 Å². The van der Waals surface area contributed by atoms with Crippen LogP contribution in [0.15, 0.2) is 59.7 Å². The summed E-state index contributed by atoms with van der Waals surface area (Å²) < 4.78 is 5.34. The lowest BCUT2D eigenvalue weighted by atomic mass is 9.98. The van der Waals surface area contributed by atoms with Gasteiger partial charge in [0, 0.05) is 35.8 Å². The second-order valence-corrected chi connectivity index (χ2v) is 10.9. The predicted molar refractivity (Wildman–Crippen MR) is 148 cm³/mol. The minimum absolute atomic E-state index is 0.0120. The minimum atomic E-state index is -0.525. The Morgan fingerprint density at radius 1 is 1.08 bits per heavy atom. The molecule has 2 aromatic carbocycles. The van der Waals surface area contributed by atoms with Crippen molar-refractivity contribution in [2.75, 3.05) is 13.1 Å². The number of carbonyl (C=O) groups is 3. The number of nitrogens with one attached hydrogen (secondary N) is 3. The molecule has 1 heterocycles. The summed E-state index contributed by atoms with van der Waals surface area (Å²) in [5.41, 5.74) is 6.89. The van der Waals surface area contributed by atoms with Gasteiger partial charge in [-0.2, -0.15) is 0 Å². The van der Waals surface area contributed by atoms with Crippen LogP contribution in [0.1, 0.15) is 57.2 Å². The van der Waals surface area contributed by atoms with E-state index in [1.54, 1.807) is 23.2 Å². The molecular weight excluding hydrogens is 504 g/mol. The monoisotopic (exact) mass is 540 g/mol. The molecule has 3 rings (SSSR count). The Balaban J connectivity index is 1.54. The van der Waals surface area contributed by atoms with Crippen molar-refractivity contribution in [1.29, 1.82) is 0 Å². The Morgan fingerprint density at radius 2 is 1.82 bits per heavy atom. The van der Waals surface area contributed by atoms with Gasteiger partial charge in [0.25, 0.3) is 5.91 Å². The Morgan fingerprint density at radius 3 is 2.53 bits per heavy atom. The molecular formula is C29H37ClN4O4. The molecule has 2 aromatic rings. The van der Waals surface area contributed by atoms with Crippen LogP contribution in [0, 0.1) is 0 Å². The highest BCUT2D eigenvalue weighted by molar-refractivity contribution is 6.30. The van der Waals surface area contributed by atoms with E-state index in [4.69, 9.17) is 16.3 Å². The van der Waals surface area contributed by atoms with E-state index in [9.17, 15) is 14.4 Å². The molecule has 8 nitrogen and oxygen atoms in total. The third-order valence-corrected chi connectivity index (χ3v) is 6.34. The summed E-state index contributed by atoms with van der Waals surface area (Å²) in [6.07, 6.45) is 0.968. The summed E-state index contributed by atoms with van der Waals surface area (Å²) in [6.45, 7) is 8.93. The summed E-state index contributed by atoms with van der Waals surface area (Å²) in [7, 11) is 0. The maximum atomic E-state index is 13.1. The number of hydrogen-bond donors (Lipinski definition) is 3. The Kier molecular flexibility index (Phi) is 10.3. The van der Waals surface area contributed by atoms with Gasteiger partial charge in [-0.15, -0.1) is 0 Å². The van der Waals surface area contributed by atoms with Crippen LogP contribution in [0.4, 0.5) is 4.79 Å². The number of benzene rings is 2. The first kappa shape index (κ1) is 29.2. The lowest BCUT2D eigenvalue weighted by Gasteiger charge is -2.30. The maximum Gasteiger partial charge on any atom is 0.407 e. The van der Waals surface area contributed by atoms with Crippen molar-refractivity contribution < 1.29 is 19.1 Å². The minimum Gasteiger partial charge on any atom is -0.445 e. The first-order chi connectivity index (χ1) is 18.0. The van der Waals surface area contributed by atoms with E-state index in [-0.39, 0.29) is 31.4 Å². The molecule has 0 atom stereocenters.